The van der Waals surface area contributed by atoms with Gasteiger partial charge in [-0.3, -0.25) is 4.79 Å². The van der Waals surface area contributed by atoms with Crippen LogP contribution in [0.3, 0.4) is 0 Å². The number of carbonyl (C=O) groups is 1. The number of nitrogens with zero attached hydrogens (tertiary/aromatic N) is 1. The van der Waals surface area contributed by atoms with E-state index in [1.54, 1.807) is 0 Å². The fraction of sp³-hybridized carbons (Fsp3) is 0.200. The number of hydrogen-bond donors (Lipinski definition) is 4. The number of phenols is 1. The molecule has 1 aromatic heterocycles. The lowest BCUT2D eigenvalue weighted by molar-refractivity contribution is -0.263. The van der Waals surface area contributed by atoms with E-state index in [0.29, 0.717) is 6.92 Å². The van der Waals surface area contributed by atoms with E-state index in [2.05, 4.69) is 9.97 Å². The molecule has 0 aliphatic rings. The van der Waals surface area contributed by atoms with E-state index in [-0.39, 0.29) is 10.5 Å². The maximum atomic E-state index is 13.7. The molecule has 1 amide bonds. The van der Waals surface area contributed by atoms with Crippen LogP contribution in [0.15, 0.2) is 64.9 Å². The lowest BCUT2D eigenvalue weighted by Gasteiger charge is -2.35. The first kappa shape index (κ1) is 24.6. The fourth-order valence-corrected chi connectivity index (χ4v) is 4.50. The van der Waals surface area contributed by atoms with Crippen LogP contribution in [-0.4, -0.2) is 46.3 Å². The van der Waals surface area contributed by atoms with Crippen molar-refractivity contribution in [3.8, 4) is 5.75 Å². The van der Waals surface area contributed by atoms with Crippen LogP contribution < -0.4 is 5.32 Å². The van der Waals surface area contributed by atoms with Crippen molar-refractivity contribution in [1.29, 1.82) is 0 Å². The number of aliphatic hydroxyl groups is 1. The van der Waals surface area contributed by atoms with Crippen molar-refractivity contribution in [2.45, 2.75) is 34.8 Å². The molecule has 8 nitrogen and oxygen atoms in total. The van der Waals surface area contributed by atoms with E-state index in [1.807, 2.05) is 5.32 Å². The average molecular weight is 504 g/mol. The Kier molecular flexibility index (Phi) is 6.46. The largest absolute Gasteiger partial charge is 0.507 e. The summed E-state index contributed by atoms with van der Waals surface area (Å²) in [4.78, 5) is 18.3. The Labute approximate surface area is 191 Å². The first-order valence-electron chi connectivity index (χ1n) is 9.18. The zero-order chi connectivity index (χ0) is 24.6. The second-order valence-electron chi connectivity index (χ2n) is 7.15. The van der Waals surface area contributed by atoms with Gasteiger partial charge in [-0.2, -0.15) is 13.2 Å². The average Bonchev–Trinajstić information content (AvgIpc) is 3.27. The predicted molar refractivity (Wildman–Crippen MR) is 110 cm³/mol. The number of aromatic nitrogens is 2. The van der Waals surface area contributed by atoms with Crippen LogP contribution in [0, 0.1) is 0 Å². The number of benzene rings is 2. The number of aromatic hydroxyl groups is 1. The normalized spacial score (nSPS) is 15.0. The maximum absolute atomic E-state index is 13.7. The number of imidazole rings is 1. The minimum absolute atomic E-state index is 0.339. The number of carbonyl (C=O) groups excluding carboxylic acids is 1. The number of H-pyrrole nitrogens is 1. The molecule has 176 valence electrons. The Morgan fingerprint density at radius 2 is 1.88 bits per heavy atom. The van der Waals surface area contributed by atoms with Gasteiger partial charge in [0.15, 0.2) is 5.60 Å². The molecule has 0 spiro atoms. The maximum Gasteiger partial charge on any atom is 0.419 e. The van der Waals surface area contributed by atoms with Crippen molar-refractivity contribution in [1.82, 2.24) is 15.3 Å². The van der Waals surface area contributed by atoms with Gasteiger partial charge in [-0.15, -0.1) is 0 Å². The van der Waals surface area contributed by atoms with Gasteiger partial charge in [-0.05, 0) is 36.8 Å². The minimum atomic E-state index is -5.22. The van der Waals surface area contributed by atoms with Gasteiger partial charge in [0.05, 0.1) is 16.5 Å². The monoisotopic (exact) mass is 503 g/mol. The van der Waals surface area contributed by atoms with E-state index in [4.69, 9.17) is 11.6 Å². The molecule has 3 aromatic rings. The first-order chi connectivity index (χ1) is 15.3. The smallest absolute Gasteiger partial charge is 0.419 e. The third kappa shape index (κ3) is 4.68. The van der Waals surface area contributed by atoms with Crippen molar-refractivity contribution in [3.05, 3.63) is 71.0 Å². The summed E-state index contributed by atoms with van der Waals surface area (Å²) in [5.74, 6) is -1.61. The third-order valence-corrected chi connectivity index (χ3v) is 6.82. The molecule has 0 aliphatic heterocycles. The molecule has 1 heterocycles. The lowest BCUT2D eigenvalue weighted by atomic mass is 9.89. The molecule has 0 bridgehead atoms. The summed E-state index contributed by atoms with van der Waals surface area (Å²) in [6, 6.07) is 5.78. The van der Waals surface area contributed by atoms with Gasteiger partial charge in [0.25, 0.3) is 5.91 Å². The zero-order valence-electron chi connectivity index (χ0n) is 16.8. The highest BCUT2D eigenvalue weighted by molar-refractivity contribution is 7.91. The van der Waals surface area contributed by atoms with Crippen LogP contribution in [0.2, 0.25) is 5.02 Å². The summed E-state index contributed by atoms with van der Waals surface area (Å²) < 4.78 is 66.3. The van der Waals surface area contributed by atoms with Crippen LogP contribution in [0.25, 0.3) is 0 Å². The number of alkyl halides is 3. The number of aromatic amines is 1. The summed E-state index contributed by atoms with van der Waals surface area (Å²) >= 11 is 6.13. The second kappa shape index (κ2) is 8.69. The van der Waals surface area contributed by atoms with Crippen LogP contribution >= 0.6 is 11.6 Å². The highest BCUT2D eigenvalue weighted by Gasteiger charge is 2.56. The second-order valence-corrected chi connectivity index (χ2v) is 9.42. The molecule has 2 aromatic carbocycles. The molecular weight excluding hydrogens is 487 g/mol. The molecule has 3 rings (SSSR count). The quantitative estimate of drug-likeness (QED) is 0.407. The van der Waals surface area contributed by atoms with E-state index >= 15 is 0 Å². The van der Waals surface area contributed by atoms with Gasteiger partial charge >= 0.3 is 6.18 Å². The van der Waals surface area contributed by atoms with E-state index in [9.17, 15) is 36.6 Å². The number of nitrogens with one attached hydrogen (secondary N) is 2. The van der Waals surface area contributed by atoms with Crippen molar-refractivity contribution in [3.63, 3.8) is 0 Å². The topological polar surface area (TPSA) is 132 Å². The van der Waals surface area contributed by atoms with Crippen LogP contribution in [0.5, 0.6) is 5.75 Å². The van der Waals surface area contributed by atoms with E-state index in [0.717, 1.165) is 24.3 Å². The molecule has 0 radical (unpaired) electrons. The molecule has 0 saturated carbocycles. The fourth-order valence-electron chi connectivity index (χ4n) is 2.98. The summed E-state index contributed by atoms with van der Waals surface area (Å²) in [5, 5.41) is 21.4. The number of rotatable bonds is 6. The van der Waals surface area contributed by atoms with Crippen molar-refractivity contribution in [2.75, 3.05) is 0 Å². The summed E-state index contributed by atoms with van der Waals surface area (Å²) in [7, 11) is -4.15. The Morgan fingerprint density at radius 3 is 2.42 bits per heavy atom. The Morgan fingerprint density at radius 1 is 1.21 bits per heavy atom. The van der Waals surface area contributed by atoms with Crippen molar-refractivity contribution in [2.24, 2.45) is 0 Å². The first-order valence-corrected chi connectivity index (χ1v) is 11.0. The highest BCUT2D eigenvalue weighted by atomic mass is 35.5. The summed E-state index contributed by atoms with van der Waals surface area (Å²) in [5.41, 5.74) is -4.26. The van der Waals surface area contributed by atoms with Gasteiger partial charge in [0.1, 0.15) is 5.75 Å². The van der Waals surface area contributed by atoms with E-state index < -0.39 is 55.1 Å². The molecule has 2 atom stereocenters. The standard InChI is InChI=1S/C20H17ClF3N3O5S/c1-19(30,20(22,23)24)16(27-17(29)13-4-2-3-5-15(13)28)12-7-6-11(10-14(12)21)33(31,32)18-25-8-9-26-18/h2-10,16,28,30H,1H3,(H,25,26)(H,27,29). The molecule has 33 heavy (non-hydrogen) atoms. The Hall–Kier alpha value is -3.09. The Balaban J connectivity index is 2.08. The zero-order valence-corrected chi connectivity index (χ0v) is 18.3. The van der Waals surface area contributed by atoms with Gasteiger partial charge in [0, 0.05) is 17.4 Å². The molecular formula is C20H17ClF3N3O5S. The van der Waals surface area contributed by atoms with Gasteiger partial charge in [-0.25, -0.2) is 13.4 Å². The highest BCUT2D eigenvalue weighted by Crippen LogP contribution is 2.42. The van der Waals surface area contributed by atoms with Crippen LogP contribution in [0.1, 0.15) is 28.9 Å². The van der Waals surface area contributed by atoms with Crippen molar-refractivity contribution >= 4 is 27.3 Å². The Bertz CT molecular complexity index is 1280. The predicted octanol–water partition coefficient (Wildman–Crippen LogP) is 3.39. The summed E-state index contributed by atoms with van der Waals surface area (Å²) in [6.07, 6.45) is -2.74. The number of phenolic OH excluding ortho intramolecular Hbond substituents is 1. The van der Waals surface area contributed by atoms with Gasteiger partial charge in [-0.1, -0.05) is 29.8 Å². The minimum Gasteiger partial charge on any atom is -0.507 e. The molecule has 0 fully saturated rings. The molecule has 13 heteroatoms. The summed E-state index contributed by atoms with van der Waals surface area (Å²) in [6.45, 7) is 0.437. The molecule has 4 N–H and O–H groups in total. The van der Waals surface area contributed by atoms with E-state index in [1.165, 1.54) is 30.6 Å². The van der Waals surface area contributed by atoms with Gasteiger partial charge in [0.2, 0.25) is 15.0 Å². The van der Waals surface area contributed by atoms with Crippen LogP contribution in [0.4, 0.5) is 13.2 Å². The SMILES string of the molecule is CC(O)(C(NC(=O)c1ccccc1O)c1ccc(S(=O)(=O)c2ncc[nH]2)cc1Cl)C(F)(F)F. The number of hydrogen-bond acceptors (Lipinski definition) is 6. The number of amides is 1. The molecule has 0 aliphatic carbocycles. The third-order valence-electron chi connectivity index (χ3n) is 4.88. The van der Waals surface area contributed by atoms with Crippen molar-refractivity contribution < 1.29 is 36.6 Å². The number of halogens is 4. The van der Waals surface area contributed by atoms with Crippen LogP contribution in [-0.2, 0) is 9.84 Å². The lowest BCUT2D eigenvalue weighted by Crippen LogP contribution is -2.53. The van der Waals surface area contributed by atoms with Gasteiger partial charge < -0.3 is 20.5 Å². The number of sulfone groups is 1. The molecule has 2 unspecified atom stereocenters. The number of para-hydroxylation sites is 1. The molecule has 0 saturated heterocycles.